The van der Waals surface area contributed by atoms with E-state index < -0.39 is 0 Å². The summed E-state index contributed by atoms with van der Waals surface area (Å²) in [5, 5.41) is 8.68. The van der Waals surface area contributed by atoms with Gasteiger partial charge in [0, 0.05) is 32.0 Å². The number of anilines is 1. The molecule has 0 aliphatic carbocycles. The number of aliphatic imine (C=N–C) groups is 1. The second kappa shape index (κ2) is 6.69. The van der Waals surface area contributed by atoms with Gasteiger partial charge < -0.3 is 4.90 Å². The second-order valence-electron chi connectivity index (χ2n) is 5.71. The fourth-order valence-electron chi connectivity index (χ4n) is 3.25. The first-order chi connectivity index (χ1) is 10.8. The maximum Gasteiger partial charge on any atom is 0.0866 e. The summed E-state index contributed by atoms with van der Waals surface area (Å²) in [6.45, 7) is 6.15. The van der Waals surface area contributed by atoms with E-state index in [4.69, 9.17) is 0 Å². The molecular weight excluding hydrogens is 272 g/mol. The summed E-state index contributed by atoms with van der Waals surface area (Å²) in [7, 11) is 1.73. The maximum absolute atomic E-state index is 4.40. The lowest BCUT2D eigenvalue weighted by Gasteiger charge is -2.36. The van der Waals surface area contributed by atoms with Gasteiger partial charge in [0.15, 0.2) is 0 Å². The fourth-order valence-corrected chi connectivity index (χ4v) is 3.25. The zero-order valence-corrected chi connectivity index (χ0v) is 13.1. The maximum atomic E-state index is 4.40. The summed E-state index contributed by atoms with van der Waals surface area (Å²) in [6.07, 6.45) is 9.96. The molecule has 22 heavy (non-hydrogen) atoms. The van der Waals surface area contributed by atoms with Crippen molar-refractivity contribution in [1.29, 1.82) is 0 Å². The number of benzene rings is 1. The van der Waals surface area contributed by atoms with E-state index in [1.54, 1.807) is 25.4 Å². The fraction of sp³-hybridized carbons (Fsp3) is 0.389. The van der Waals surface area contributed by atoms with Gasteiger partial charge in [0.25, 0.3) is 0 Å². The van der Waals surface area contributed by atoms with Crippen LogP contribution in [0.5, 0.6) is 0 Å². The molecular formula is C18H22N4. The van der Waals surface area contributed by atoms with Crippen LogP contribution in [0.1, 0.15) is 24.0 Å². The number of allylic oxidation sites excluding steroid dienone is 2. The van der Waals surface area contributed by atoms with Gasteiger partial charge in [-0.15, -0.1) is 0 Å². The van der Waals surface area contributed by atoms with Gasteiger partial charge >= 0.3 is 0 Å². The van der Waals surface area contributed by atoms with E-state index in [0.717, 1.165) is 24.2 Å². The van der Waals surface area contributed by atoms with Crippen LogP contribution in [0, 0.1) is 0 Å². The lowest BCUT2D eigenvalue weighted by Crippen LogP contribution is -2.34. The van der Waals surface area contributed by atoms with Crippen molar-refractivity contribution in [2.45, 2.75) is 25.7 Å². The van der Waals surface area contributed by atoms with E-state index in [1.807, 2.05) is 0 Å². The third-order valence-corrected chi connectivity index (χ3v) is 4.20. The number of hydrogen-bond acceptors (Lipinski definition) is 4. The smallest absolute Gasteiger partial charge is 0.0866 e. The van der Waals surface area contributed by atoms with Crippen molar-refractivity contribution in [2.24, 2.45) is 15.2 Å². The zero-order valence-electron chi connectivity index (χ0n) is 13.1. The van der Waals surface area contributed by atoms with E-state index >= 15 is 0 Å². The van der Waals surface area contributed by atoms with Crippen LogP contribution in [0.25, 0.3) is 0 Å². The minimum Gasteiger partial charge on any atom is -0.371 e. The molecule has 0 spiro atoms. The summed E-state index contributed by atoms with van der Waals surface area (Å²) >= 11 is 0. The number of hydrogen-bond donors (Lipinski definition) is 0. The molecule has 4 heteroatoms. The van der Waals surface area contributed by atoms with Crippen molar-refractivity contribution in [2.75, 3.05) is 25.0 Å². The Labute approximate surface area is 132 Å². The summed E-state index contributed by atoms with van der Waals surface area (Å²) in [6, 6.07) is 4.38. The molecule has 0 amide bonds. The first-order valence-electron chi connectivity index (χ1n) is 7.89. The van der Waals surface area contributed by atoms with Crippen LogP contribution in [0.4, 0.5) is 11.4 Å². The summed E-state index contributed by atoms with van der Waals surface area (Å²) in [5.41, 5.74) is 5.99. The molecule has 2 aliphatic heterocycles. The Kier molecular flexibility index (Phi) is 4.47. The van der Waals surface area contributed by atoms with Crippen molar-refractivity contribution >= 4 is 17.6 Å². The van der Waals surface area contributed by atoms with Gasteiger partial charge in [-0.2, -0.15) is 10.2 Å². The van der Waals surface area contributed by atoms with Gasteiger partial charge in [0.1, 0.15) is 0 Å². The summed E-state index contributed by atoms with van der Waals surface area (Å²) in [4.78, 5) is 6.46. The van der Waals surface area contributed by atoms with Gasteiger partial charge in [-0.25, -0.2) is 0 Å². The normalized spacial score (nSPS) is 18.0. The molecule has 4 nitrogen and oxygen atoms in total. The zero-order chi connectivity index (χ0) is 15.4. The van der Waals surface area contributed by atoms with Crippen molar-refractivity contribution in [3.05, 3.63) is 47.7 Å². The Morgan fingerprint density at radius 2 is 1.86 bits per heavy atom. The molecule has 0 N–H and O–H groups in total. The van der Waals surface area contributed by atoms with E-state index in [-0.39, 0.29) is 0 Å². The van der Waals surface area contributed by atoms with Crippen LogP contribution in [0.15, 0.2) is 51.8 Å². The highest BCUT2D eigenvalue weighted by Crippen LogP contribution is 2.38. The minimum absolute atomic E-state index is 0.721. The molecule has 2 aliphatic rings. The van der Waals surface area contributed by atoms with Gasteiger partial charge in [-0.05, 0) is 61.1 Å². The average Bonchev–Trinajstić information content (AvgIpc) is 2.55. The van der Waals surface area contributed by atoms with Crippen LogP contribution >= 0.6 is 0 Å². The molecule has 0 aromatic heterocycles. The molecule has 0 fully saturated rings. The molecule has 2 heterocycles. The molecule has 3 rings (SSSR count). The van der Waals surface area contributed by atoms with Gasteiger partial charge in [-0.3, -0.25) is 4.99 Å². The highest BCUT2D eigenvalue weighted by molar-refractivity contribution is 5.72. The van der Waals surface area contributed by atoms with Crippen LogP contribution in [0.3, 0.4) is 0 Å². The topological polar surface area (TPSA) is 40.3 Å². The molecule has 1 aromatic rings. The van der Waals surface area contributed by atoms with Crippen LogP contribution in [0.2, 0.25) is 0 Å². The lowest BCUT2D eigenvalue weighted by molar-refractivity contribution is 0.634. The molecule has 1 aromatic carbocycles. The summed E-state index contributed by atoms with van der Waals surface area (Å²) in [5.74, 6) is 0. The van der Waals surface area contributed by atoms with Gasteiger partial charge in [-0.1, -0.05) is 6.58 Å². The molecule has 0 bridgehead atoms. The van der Waals surface area contributed by atoms with Crippen LogP contribution in [-0.2, 0) is 12.8 Å². The van der Waals surface area contributed by atoms with Gasteiger partial charge in [0.05, 0.1) is 11.4 Å². The van der Waals surface area contributed by atoms with Crippen molar-refractivity contribution < 1.29 is 0 Å². The van der Waals surface area contributed by atoms with E-state index in [0.29, 0.717) is 0 Å². The van der Waals surface area contributed by atoms with Gasteiger partial charge in [0.2, 0.25) is 0 Å². The number of azo groups is 1. The number of aryl methyl sites for hydroxylation is 2. The van der Waals surface area contributed by atoms with E-state index in [9.17, 15) is 0 Å². The minimum atomic E-state index is 0.721. The quantitative estimate of drug-likeness (QED) is 0.465. The third-order valence-electron chi connectivity index (χ3n) is 4.20. The first-order valence-corrected chi connectivity index (χ1v) is 7.89. The Hall–Kier alpha value is -2.23. The predicted octanol–water partition coefficient (Wildman–Crippen LogP) is 4.24. The predicted molar refractivity (Wildman–Crippen MR) is 92.5 cm³/mol. The Bertz CT molecular complexity index is 624. The Morgan fingerprint density at radius 3 is 2.45 bits per heavy atom. The first kappa shape index (κ1) is 14.7. The Balaban J connectivity index is 1.91. The molecule has 0 saturated carbocycles. The lowest BCUT2D eigenvalue weighted by atomic mass is 9.91. The highest BCUT2D eigenvalue weighted by atomic mass is 15.1. The molecule has 0 saturated heterocycles. The monoisotopic (exact) mass is 294 g/mol. The third kappa shape index (κ3) is 3.01. The van der Waals surface area contributed by atoms with Crippen molar-refractivity contribution in [3.8, 4) is 0 Å². The average molecular weight is 294 g/mol. The van der Waals surface area contributed by atoms with E-state index in [1.165, 1.54) is 42.7 Å². The van der Waals surface area contributed by atoms with Crippen molar-refractivity contribution in [1.82, 2.24) is 0 Å². The number of rotatable bonds is 4. The van der Waals surface area contributed by atoms with Crippen molar-refractivity contribution in [3.63, 3.8) is 0 Å². The molecule has 114 valence electrons. The molecule has 0 atom stereocenters. The van der Waals surface area contributed by atoms with E-state index in [2.05, 4.69) is 38.8 Å². The second-order valence-corrected chi connectivity index (χ2v) is 5.71. The Morgan fingerprint density at radius 1 is 1.18 bits per heavy atom. The highest BCUT2D eigenvalue weighted by Gasteiger charge is 2.24. The standard InChI is InChI=1S/C18H22N4/c1-3-16(8-9-19-2)20-21-17-12-14-6-4-10-22-11-5-7-15(13-17)18(14)22/h3,8-9,12-13H,1,4-7,10-11H2,2H3/b16-8+,19-9+,21-20+. The summed E-state index contributed by atoms with van der Waals surface area (Å²) < 4.78 is 0. The molecule has 0 unspecified atom stereocenters. The van der Waals surface area contributed by atoms with Crippen LogP contribution in [-0.4, -0.2) is 26.4 Å². The SMILES string of the molecule is C=CC(=C\C=N\C)/N=N/c1cc2c3c(c1)CCCN3CCC2. The molecule has 0 radical (unpaired) electrons. The largest absolute Gasteiger partial charge is 0.371 e. The number of nitrogens with zero attached hydrogens (tertiary/aromatic N) is 4. The van der Waals surface area contributed by atoms with Crippen LogP contribution < -0.4 is 4.90 Å².